The van der Waals surface area contributed by atoms with Crippen LogP contribution < -0.4 is 5.43 Å². The molecule has 1 aromatic carbocycles. The quantitative estimate of drug-likeness (QED) is 0.519. The van der Waals surface area contributed by atoms with Gasteiger partial charge in [0.05, 0.1) is 5.75 Å². The normalized spacial score (nSPS) is 15.6. The molecule has 1 saturated carbocycles. The molecule has 0 saturated heterocycles. The van der Waals surface area contributed by atoms with E-state index in [1.807, 2.05) is 12.1 Å². The average Bonchev–Trinajstić information content (AvgIpc) is 2.73. The summed E-state index contributed by atoms with van der Waals surface area (Å²) in [5, 5.41) is 4.27. The molecule has 1 amide bonds. The van der Waals surface area contributed by atoms with Gasteiger partial charge in [-0.3, -0.25) is 4.79 Å². The number of carbonyl (C=O) groups excluding carboxylic acids is 1. The van der Waals surface area contributed by atoms with Crippen LogP contribution in [0, 0.1) is 6.92 Å². The van der Waals surface area contributed by atoms with Crippen LogP contribution in [-0.4, -0.2) is 17.4 Å². The van der Waals surface area contributed by atoms with Gasteiger partial charge in [-0.15, -0.1) is 11.8 Å². The number of rotatable bonds is 4. The molecule has 1 aliphatic rings. The van der Waals surface area contributed by atoms with Crippen molar-refractivity contribution in [1.82, 2.24) is 5.43 Å². The van der Waals surface area contributed by atoms with Crippen molar-refractivity contribution in [2.75, 3.05) is 5.75 Å². The Labute approximate surface area is 125 Å². The van der Waals surface area contributed by atoms with Gasteiger partial charge in [-0.25, -0.2) is 5.43 Å². The highest BCUT2D eigenvalue weighted by molar-refractivity contribution is 8.00. The van der Waals surface area contributed by atoms with Crippen molar-refractivity contribution >= 4 is 23.4 Å². The third kappa shape index (κ3) is 5.37. The van der Waals surface area contributed by atoms with Crippen LogP contribution >= 0.6 is 11.8 Å². The second-order valence-electron chi connectivity index (χ2n) is 5.23. The van der Waals surface area contributed by atoms with Crippen LogP contribution in [0.1, 0.15) is 44.1 Å². The number of hydrogen-bond acceptors (Lipinski definition) is 3. The first-order chi connectivity index (χ1) is 9.74. The Morgan fingerprint density at radius 2 is 1.80 bits per heavy atom. The molecule has 1 aliphatic carbocycles. The highest BCUT2D eigenvalue weighted by atomic mass is 32.2. The Balaban J connectivity index is 1.74. The summed E-state index contributed by atoms with van der Waals surface area (Å²) >= 11 is 1.55. The molecule has 0 bridgehead atoms. The third-order valence-corrected chi connectivity index (χ3v) is 4.42. The van der Waals surface area contributed by atoms with Crippen molar-refractivity contribution in [3.63, 3.8) is 0 Å². The van der Waals surface area contributed by atoms with Crippen LogP contribution in [-0.2, 0) is 4.79 Å². The lowest BCUT2D eigenvalue weighted by atomic mass is 10.2. The lowest BCUT2D eigenvalue weighted by Gasteiger charge is -2.04. The second kappa shape index (κ2) is 8.10. The summed E-state index contributed by atoms with van der Waals surface area (Å²) in [4.78, 5) is 12.9. The predicted molar refractivity (Wildman–Crippen MR) is 85.2 cm³/mol. The molecule has 1 N–H and O–H groups in total. The summed E-state index contributed by atoms with van der Waals surface area (Å²) < 4.78 is 0. The fraction of sp³-hybridized carbons (Fsp3) is 0.500. The molecule has 0 atom stereocenters. The van der Waals surface area contributed by atoms with E-state index >= 15 is 0 Å². The number of carbonyl (C=O) groups is 1. The van der Waals surface area contributed by atoms with E-state index in [-0.39, 0.29) is 5.91 Å². The minimum absolute atomic E-state index is 0.0210. The summed E-state index contributed by atoms with van der Waals surface area (Å²) in [5.41, 5.74) is 5.07. The monoisotopic (exact) mass is 290 g/mol. The van der Waals surface area contributed by atoms with Crippen molar-refractivity contribution in [3.8, 4) is 0 Å². The maximum atomic E-state index is 11.8. The molecule has 0 aliphatic heterocycles. The van der Waals surface area contributed by atoms with E-state index in [0.717, 1.165) is 23.4 Å². The number of nitrogens with zero attached hydrogens (tertiary/aromatic N) is 1. The van der Waals surface area contributed by atoms with Gasteiger partial charge >= 0.3 is 0 Å². The van der Waals surface area contributed by atoms with Crippen molar-refractivity contribution in [2.24, 2.45) is 5.10 Å². The first kappa shape index (κ1) is 15.1. The topological polar surface area (TPSA) is 41.5 Å². The minimum Gasteiger partial charge on any atom is -0.272 e. The molecule has 0 aromatic heterocycles. The predicted octanol–water partition coefficient (Wildman–Crippen LogP) is 3.91. The summed E-state index contributed by atoms with van der Waals surface area (Å²) in [6, 6.07) is 8.22. The van der Waals surface area contributed by atoms with Crippen LogP contribution in [0.4, 0.5) is 0 Å². The van der Waals surface area contributed by atoms with Gasteiger partial charge in [0.15, 0.2) is 0 Å². The number of aryl methyl sites for hydroxylation is 1. The number of thioether (sulfide) groups is 1. The molecule has 2 rings (SSSR count). The Bertz CT molecular complexity index is 458. The molecule has 0 unspecified atom stereocenters. The van der Waals surface area contributed by atoms with E-state index in [4.69, 9.17) is 0 Å². The van der Waals surface area contributed by atoms with Gasteiger partial charge in [-0.1, -0.05) is 30.5 Å². The number of hydrazone groups is 1. The summed E-state index contributed by atoms with van der Waals surface area (Å²) in [6.45, 7) is 2.06. The molecular formula is C16H22N2OS. The van der Waals surface area contributed by atoms with Gasteiger partial charge in [0, 0.05) is 10.6 Å². The Morgan fingerprint density at radius 3 is 2.45 bits per heavy atom. The molecule has 0 heterocycles. The van der Waals surface area contributed by atoms with Gasteiger partial charge < -0.3 is 0 Å². The zero-order chi connectivity index (χ0) is 14.2. The van der Waals surface area contributed by atoms with E-state index in [0.29, 0.717) is 5.75 Å². The number of hydrogen-bond donors (Lipinski definition) is 1. The van der Waals surface area contributed by atoms with Crippen LogP contribution in [0.3, 0.4) is 0 Å². The fourth-order valence-corrected chi connectivity index (χ4v) is 2.90. The van der Waals surface area contributed by atoms with Gasteiger partial charge in [-0.2, -0.15) is 5.10 Å². The lowest BCUT2D eigenvalue weighted by molar-refractivity contribution is -0.118. The van der Waals surface area contributed by atoms with E-state index < -0.39 is 0 Å². The second-order valence-corrected chi connectivity index (χ2v) is 6.28. The highest BCUT2D eigenvalue weighted by Gasteiger charge is 2.07. The van der Waals surface area contributed by atoms with Gasteiger partial charge in [0.2, 0.25) is 5.91 Å². The van der Waals surface area contributed by atoms with Crippen LogP contribution in [0.2, 0.25) is 0 Å². The molecular weight excluding hydrogens is 268 g/mol. The third-order valence-electron chi connectivity index (χ3n) is 3.41. The lowest BCUT2D eigenvalue weighted by Crippen LogP contribution is -2.21. The van der Waals surface area contributed by atoms with Crippen molar-refractivity contribution in [1.29, 1.82) is 0 Å². The van der Waals surface area contributed by atoms with Gasteiger partial charge in [0.1, 0.15) is 0 Å². The molecule has 20 heavy (non-hydrogen) atoms. The molecule has 4 heteroatoms. The molecule has 3 nitrogen and oxygen atoms in total. The molecule has 108 valence electrons. The maximum absolute atomic E-state index is 11.8. The first-order valence-corrected chi connectivity index (χ1v) is 8.26. The maximum Gasteiger partial charge on any atom is 0.250 e. The zero-order valence-corrected chi connectivity index (χ0v) is 12.8. The average molecular weight is 290 g/mol. The number of amides is 1. The number of benzene rings is 1. The van der Waals surface area contributed by atoms with E-state index in [9.17, 15) is 4.79 Å². The Hall–Kier alpha value is -1.29. The van der Waals surface area contributed by atoms with Crippen LogP contribution in [0.15, 0.2) is 34.3 Å². The SMILES string of the molecule is Cc1ccc(SCC(=O)NN=C2CCCCCC2)cc1. The number of nitrogens with one attached hydrogen (secondary N) is 1. The summed E-state index contributed by atoms with van der Waals surface area (Å²) in [7, 11) is 0. The Morgan fingerprint density at radius 1 is 1.15 bits per heavy atom. The van der Waals surface area contributed by atoms with Crippen molar-refractivity contribution in [3.05, 3.63) is 29.8 Å². The summed E-state index contributed by atoms with van der Waals surface area (Å²) in [6.07, 6.45) is 7.04. The van der Waals surface area contributed by atoms with E-state index in [2.05, 4.69) is 29.6 Å². The zero-order valence-electron chi connectivity index (χ0n) is 12.0. The van der Waals surface area contributed by atoms with Crippen molar-refractivity contribution < 1.29 is 4.79 Å². The minimum atomic E-state index is -0.0210. The molecule has 1 fully saturated rings. The highest BCUT2D eigenvalue weighted by Crippen LogP contribution is 2.18. The Kier molecular flexibility index (Phi) is 6.12. The summed E-state index contributed by atoms with van der Waals surface area (Å²) in [5.74, 6) is 0.396. The van der Waals surface area contributed by atoms with Crippen LogP contribution in [0.5, 0.6) is 0 Å². The van der Waals surface area contributed by atoms with E-state index in [1.54, 1.807) is 11.8 Å². The standard InChI is InChI=1S/C16H22N2OS/c1-13-8-10-15(11-9-13)20-12-16(19)18-17-14-6-4-2-3-5-7-14/h8-11H,2-7,12H2,1H3,(H,18,19). The molecule has 1 aromatic rings. The van der Waals surface area contributed by atoms with Crippen LogP contribution in [0.25, 0.3) is 0 Å². The fourth-order valence-electron chi connectivity index (χ4n) is 2.21. The van der Waals surface area contributed by atoms with Gasteiger partial charge in [0.25, 0.3) is 0 Å². The van der Waals surface area contributed by atoms with E-state index in [1.165, 1.54) is 31.2 Å². The molecule has 0 spiro atoms. The first-order valence-electron chi connectivity index (χ1n) is 7.28. The van der Waals surface area contributed by atoms with Gasteiger partial charge in [-0.05, 0) is 44.7 Å². The largest absolute Gasteiger partial charge is 0.272 e. The molecule has 0 radical (unpaired) electrons. The van der Waals surface area contributed by atoms with Crippen molar-refractivity contribution in [2.45, 2.75) is 50.3 Å². The smallest absolute Gasteiger partial charge is 0.250 e.